The monoisotopic (exact) mass is 193 g/mol. The fourth-order valence-corrected chi connectivity index (χ4v) is 0. The molecule has 0 unspecified atom stereocenters. The van der Waals surface area contributed by atoms with Gasteiger partial charge in [-0.25, -0.2) is 0 Å². The van der Waals surface area contributed by atoms with Gasteiger partial charge in [0.1, 0.15) is 0 Å². The molecule has 0 aromatic carbocycles. The van der Waals surface area contributed by atoms with Crippen molar-refractivity contribution in [3.05, 3.63) is 0 Å². The molecule has 0 fully saturated rings. The van der Waals surface area contributed by atoms with Crippen LogP contribution in [0.4, 0.5) is 0 Å². The van der Waals surface area contributed by atoms with Crippen LogP contribution in [0.1, 0.15) is 13.8 Å². The van der Waals surface area contributed by atoms with Crippen molar-refractivity contribution in [3.63, 3.8) is 0 Å². The van der Waals surface area contributed by atoms with Crippen molar-refractivity contribution >= 4 is 0 Å². The minimum atomic E-state index is 0. The van der Waals surface area contributed by atoms with E-state index in [-0.39, 0.29) is 49.7 Å². The van der Waals surface area contributed by atoms with Crippen molar-refractivity contribution in [1.82, 2.24) is 0 Å². The third-order valence-corrected chi connectivity index (χ3v) is 0. The molecule has 1 N–H and O–H groups in total. The number of halogens is 1. The average Bonchev–Trinajstić information content (AvgIpc) is 1.39. The van der Waals surface area contributed by atoms with Gasteiger partial charge in [0.05, 0.1) is 0 Å². The molecule has 0 atom stereocenters. The third-order valence-electron chi connectivity index (χ3n) is 0. The summed E-state index contributed by atoms with van der Waals surface area (Å²) in [6, 6.07) is 0. The zero-order valence-corrected chi connectivity index (χ0v) is 7.66. The van der Waals surface area contributed by atoms with Crippen LogP contribution in [0.2, 0.25) is 0 Å². The Morgan fingerprint density at radius 2 is 1.00 bits per heavy atom. The quantitative estimate of drug-likeness (QED) is 0.390. The summed E-state index contributed by atoms with van der Waals surface area (Å²) in [7, 11) is 0. The maximum Gasteiger partial charge on any atom is 4.00 e. The molecule has 1 radical (unpaired) electrons. The molecule has 0 heterocycles. The van der Waals surface area contributed by atoms with E-state index >= 15 is 0 Å². The molecule has 0 saturated heterocycles. The van der Waals surface area contributed by atoms with E-state index in [1.165, 1.54) is 0 Å². The fourth-order valence-electron chi connectivity index (χ4n) is 0. The van der Waals surface area contributed by atoms with Crippen LogP contribution in [0.15, 0.2) is 0 Å². The van der Waals surface area contributed by atoms with Gasteiger partial charge in [0.2, 0.25) is 0 Å². The molecule has 0 aliphatic carbocycles. The van der Waals surface area contributed by atoms with Gasteiger partial charge in [-0.3, -0.25) is 0 Å². The van der Waals surface area contributed by atoms with E-state index < -0.39 is 0 Å². The average molecular weight is 194 g/mol. The summed E-state index contributed by atoms with van der Waals surface area (Å²) in [5.41, 5.74) is 0. The van der Waals surface area contributed by atoms with Crippen LogP contribution in [-0.4, -0.2) is 18.7 Å². The predicted molar refractivity (Wildman–Crippen MR) is 23.0 cm³/mol. The summed E-state index contributed by atoms with van der Waals surface area (Å²) in [6.07, 6.45) is 0. The molecule has 5 heteroatoms. The van der Waals surface area contributed by atoms with Crippen molar-refractivity contribution in [3.8, 4) is 0 Å². The largest absolute Gasteiger partial charge is 4.00 e. The van der Waals surface area contributed by atoms with Crippen molar-refractivity contribution in [2.24, 2.45) is 0 Å². The molecule has 0 bridgehead atoms. The summed E-state index contributed by atoms with van der Waals surface area (Å²) < 4.78 is 0. The maximum absolute atomic E-state index is 8.93. The Hall–Kier alpha value is 0.754. The second-order valence-corrected chi connectivity index (χ2v) is 0.577. The van der Waals surface area contributed by atoms with Crippen LogP contribution in [0, 0.1) is 0 Å². The molecule has 0 saturated carbocycles. The molecule has 57 valence electrons. The van der Waals surface area contributed by atoms with Crippen LogP contribution in [0.5, 0.6) is 0 Å². The predicted octanol–water partition coefficient (Wildman–Crippen LogP) is -4.44. The van der Waals surface area contributed by atoms with Crippen molar-refractivity contribution in [2.45, 2.75) is 13.8 Å². The fraction of sp³-hybridized carbons (Fsp3) is 1.00. The topological polar surface area (TPSA) is 76.1 Å². The van der Waals surface area contributed by atoms with Gasteiger partial charge in [0.25, 0.3) is 0 Å². The first kappa shape index (κ1) is 33.1. The van der Waals surface area contributed by atoms with Crippen LogP contribution >= 0.6 is 0 Å². The summed E-state index contributed by atoms with van der Waals surface area (Å²) >= 11 is 0. The number of hydrogen-bond acceptors (Lipinski definition) is 3. The van der Waals surface area contributed by atoms with Gasteiger partial charge in [-0.1, -0.05) is 13.8 Å². The van der Waals surface area contributed by atoms with Gasteiger partial charge in [-0.05, 0) is 0 Å². The van der Waals surface area contributed by atoms with Gasteiger partial charge in [-0.2, -0.15) is 0 Å². The van der Waals surface area contributed by atoms with Crippen LogP contribution in [0.25, 0.3) is 0 Å². The Labute approximate surface area is 74.1 Å². The number of hydrogen-bond donors (Lipinski definition) is 0. The Bertz CT molecular complexity index is 17.8. The Balaban J connectivity index is -0.00000000889. The molecule has 0 rings (SSSR count). The minimum absolute atomic E-state index is 0. The number of rotatable bonds is 0. The van der Waals surface area contributed by atoms with Crippen LogP contribution in [-0.2, 0) is 18.6 Å². The molecule has 0 amide bonds. The van der Waals surface area contributed by atoms with Crippen LogP contribution < -0.4 is 22.6 Å². The van der Waals surface area contributed by atoms with E-state index in [1.807, 2.05) is 0 Å². The van der Waals surface area contributed by atoms with Crippen molar-refractivity contribution < 1.29 is 46.7 Å². The molecule has 0 aliphatic rings. The van der Waals surface area contributed by atoms with E-state index in [2.05, 4.69) is 0 Å². The zero-order valence-electron chi connectivity index (χ0n) is 5.50. The first-order valence-electron chi connectivity index (χ1n) is 1.99. The normalized spacial score (nSPS) is 4.00. The molecular weight excluding hydrogens is 182 g/mol. The standard InChI is InChI=1S/2C2H5O.ClH.H2O.V/c2*1-2-3;;;/h2*2H2,1H3;1H;1H2;/q2*-1;;;+4/p-2. The maximum atomic E-state index is 8.93. The first-order chi connectivity index (χ1) is 2.83. The SMILES string of the molecule is CC[O-].CC[O-].[Cl-].[OH-].[V+4]. The molecule has 9 heavy (non-hydrogen) atoms. The van der Waals surface area contributed by atoms with Gasteiger partial charge in [0.15, 0.2) is 0 Å². The third kappa shape index (κ3) is 702. The van der Waals surface area contributed by atoms with Crippen LogP contribution in [0.3, 0.4) is 0 Å². The van der Waals surface area contributed by atoms with Gasteiger partial charge < -0.3 is 28.1 Å². The second-order valence-electron chi connectivity index (χ2n) is 0.577. The summed E-state index contributed by atoms with van der Waals surface area (Å²) in [5, 5.41) is 17.9. The molecule has 0 aliphatic heterocycles. The zero-order chi connectivity index (χ0) is 5.41. The Morgan fingerprint density at radius 1 is 1.00 bits per heavy atom. The van der Waals surface area contributed by atoms with Gasteiger partial charge in [-0.15, -0.1) is 13.2 Å². The molecule has 3 nitrogen and oxygen atoms in total. The second kappa shape index (κ2) is 69.4. The van der Waals surface area contributed by atoms with E-state index in [9.17, 15) is 0 Å². The molecule has 0 spiro atoms. The molecule has 0 aromatic rings. The van der Waals surface area contributed by atoms with Crippen molar-refractivity contribution in [1.29, 1.82) is 0 Å². The van der Waals surface area contributed by atoms with E-state index in [0.717, 1.165) is 0 Å². The van der Waals surface area contributed by atoms with E-state index in [4.69, 9.17) is 10.2 Å². The summed E-state index contributed by atoms with van der Waals surface area (Å²) in [6.45, 7) is 3.14. The van der Waals surface area contributed by atoms with E-state index in [1.54, 1.807) is 13.8 Å². The molecular formula is C4H11ClO3V. The van der Waals surface area contributed by atoms with Gasteiger partial charge >= 0.3 is 18.6 Å². The van der Waals surface area contributed by atoms with E-state index in [0.29, 0.717) is 0 Å². The summed E-state index contributed by atoms with van der Waals surface area (Å²) in [4.78, 5) is 0. The minimum Gasteiger partial charge on any atom is -1.00 e. The Kier molecular flexibility index (Phi) is 255. The van der Waals surface area contributed by atoms with Crippen molar-refractivity contribution in [2.75, 3.05) is 13.2 Å². The molecule has 0 aromatic heterocycles. The summed E-state index contributed by atoms with van der Waals surface area (Å²) in [5.74, 6) is 0. The van der Waals surface area contributed by atoms with Gasteiger partial charge in [0, 0.05) is 0 Å². The smallest absolute Gasteiger partial charge is 1.00 e. The Morgan fingerprint density at radius 3 is 1.00 bits per heavy atom. The first-order valence-corrected chi connectivity index (χ1v) is 1.99.